The van der Waals surface area contributed by atoms with E-state index in [0.717, 1.165) is 0 Å². The number of fused-ring (bicyclic) bond motifs is 1. The van der Waals surface area contributed by atoms with Crippen molar-refractivity contribution in [1.29, 1.82) is 0 Å². The van der Waals surface area contributed by atoms with Gasteiger partial charge in [0.1, 0.15) is 0 Å². The van der Waals surface area contributed by atoms with E-state index < -0.39 is 0 Å². The molecule has 1 heterocycles. The first kappa shape index (κ1) is 12.4. The molecule has 0 saturated heterocycles. The first-order chi connectivity index (χ1) is 8.61. The van der Waals surface area contributed by atoms with E-state index in [9.17, 15) is 4.79 Å². The Kier molecular flexibility index (Phi) is 3.50. The highest BCUT2D eigenvalue weighted by atomic mass is 16.5. The van der Waals surface area contributed by atoms with Crippen LogP contribution in [0.5, 0.6) is 11.5 Å². The molecule has 1 N–H and O–H groups in total. The number of aromatic nitrogens is 2. The van der Waals surface area contributed by atoms with Crippen LogP contribution in [-0.2, 0) is 0 Å². The molecule has 2 rings (SSSR count). The Balaban J connectivity index is 2.49. The molecule has 0 atom stereocenters. The number of aromatic amines is 1. The molecule has 2 aromatic rings. The minimum absolute atomic E-state index is 0.186. The number of ether oxygens (including phenoxy) is 2. The SMILES string of the molecule is COc1cc2c(=O)[nH]cnc2cc1OCC(C)C. The van der Waals surface area contributed by atoms with E-state index in [-0.39, 0.29) is 5.56 Å². The highest BCUT2D eigenvalue weighted by Gasteiger charge is 2.10. The number of rotatable bonds is 4. The van der Waals surface area contributed by atoms with E-state index in [4.69, 9.17) is 9.47 Å². The first-order valence-electron chi connectivity index (χ1n) is 5.80. The molecule has 18 heavy (non-hydrogen) atoms. The molecule has 5 heteroatoms. The summed E-state index contributed by atoms with van der Waals surface area (Å²) in [7, 11) is 1.55. The van der Waals surface area contributed by atoms with Crippen LogP contribution in [0.3, 0.4) is 0 Å². The fraction of sp³-hybridized carbons (Fsp3) is 0.385. The van der Waals surface area contributed by atoms with Gasteiger partial charge in [-0.05, 0) is 12.0 Å². The summed E-state index contributed by atoms with van der Waals surface area (Å²) in [4.78, 5) is 18.3. The van der Waals surface area contributed by atoms with Crippen molar-refractivity contribution in [3.8, 4) is 11.5 Å². The summed E-state index contributed by atoms with van der Waals surface area (Å²) in [5, 5.41) is 0.492. The van der Waals surface area contributed by atoms with Crippen molar-refractivity contribution in [2.45, 2.75) is 13.8 Å². The average molecular weight is 248 g/mol. The van der Waals surface area contributed by atoms with Crippen LogP contribution < -0.4 is 15.0 Å². The van der Waals surface area contributed by atoms with Crippen LogP contribution in [0.25, 0.3) is 10.9 Å². The van der Waals surface area contributed by atoms with E-state index in [2.05, 4.69) is 23.8 Å². The number of benzene rings is 1. The summed E-state index contributed by atoms with van der Waals surface area (Å²) in [5.74, 6) is 1.57. The zero-order valence-electron chi connectivity index (χ0n) is 10.7. The van der Waals surface area contributed by atoms with Crippen molar-refractivity contribution in [2.75, 3.05) is 13.7 Å². The molecule has 0 fully saturated rings. The molecule has 0 aliphatic carbocycles. The molecule has 0 radical (unpaired) electrons. The monoisotopic (exact) mass is 248 g/mol. The van der Waals surface area contributed by atoms with Gasteiger partial charge >= 0.3 is 0 Å². The van der Waals surface area contributed by atoms with Gasteiger partial charge in [0, 0.05) is 6.07 Å². The Morgan fingerprint density at radius 1 is 1.33 bits per heavy atom. The fourth-order valence-corrected chi connectivity index (χ4v) is 1.60. The number of H-pyrrole nitrogens is 1. The summed E-state index contributed by atoms with van der Waals surface area (Å²) in [6, 6.07) is 3.38. The summed E-state index contributed by atoms with van der Waals surface area (Å²) in [5.41, 5.74) is 0.409. The molecule has 5 nitrogen and oxygen atoms in total. The molecular formula is C13H16N2O3. The molecule has 0 bridgehead atoms. The van der Waals surface area contributed by atoms with Gasteiger partial charge in [0.2, 0.25) is 0 Å². The molecule has 1 aromatic carbocycles. The third kappa shape index (κ3) is 2.45. The largest absolute Gasteiger partial charge is 0.493 e. The van der Waals surface area contributed by atoms with Crippen molar-refractivity contribution in [3.63, 3.8) is 0 Å². The van der Waals surface area contributed by atoms with E-state index >= 15 is 0 Å². The fourth-order valence-electron chi connectivity index (χ4n) is 1.60. The van der Waals surface area contributed by atoms with Crippen molar-refractivity contribution in [3.05, 3.63) is 28.8 Å². The molecule has 0 spiro atoms. The van der Waals surface area contributed by atoms with E-state index in [1.165, 1.54) is 6.33 Å². The minimum Gasteiger partial charge on any atom is -0.493 e. The van der Waals surface area contributed by atoms with Crippen molar-refractivity contribution < 1.29 is 9.47 Å². The quantitative estimate of drug-likeness (QED) is 0.898. The number of nitrogens with zero attached hydrogens (tertiary/aromatic N) is 1. The van der Waals surface area contributed by atoms with E-state index in [1.54, 1.807) is 19.2 Å². The molecule has 0 amide bonds. The maximum atomic E-state index is 11.6. The maximum absolute atomic E-state index is 11.6. The Hall–Kier alpha value is -2.04. The van der Waals surface area contributed by atoms with Gasteiger partial charge in [-0.25, -0.2) is 4.98 Å². The lowest BCUT2D eigenvalue weighted by Gasteiger charge is -2.12. The predicted molar refractivity (Wildman–Crippen MR) is 69.2 cm³/mol. The maximum Gasteiger partial charge on any atom is 0.258 e. The number of methoxy groups -OCH3 is 1. The third-order valence-corrected chi connectivity index (χ3v) is 2.50. The van der Waals surface area contributed by atoms with Crippen LogP contribution in [-0.4, -0.2) is 23.7 Å². The molecule has 0 saturated carbocycles. The summed E-state index contributed by atoms with van der Waals surface area (Å²) in [6.45, 7) is 4.72. The van der Waals surface area contributed by atoms with Crippen molar-refractivity contribution >= 4 is 10.9 Å². The minimum atomic E-state index is -0.186. The van der Waals surface area contributed by atoms with Gasteiger partial charge in [-0.1, -0.05) is 13.8 Å². The lowest BCUT2D eigenvalue weighted by molar-refractivity contribution is 0.257. The van der Waals surface area contributed by atoms with Gasteiger partial charge in [-0.2, -0.15) is 0 Å². The van der Waals surface area contributed by atoms with Gasteiger partial charge in [-0.15, -0.1) is 0 Å². The highest BCUT2D eigenvalue weighted by Crippen LogP contribution is 2.30. The Morgan fingerprint density at radius 2 is 2.11 bits per heavy atom. The van der Waals surface area contributed by atoms with Crippen LogP contribution in [0, 0.1) is 5.92 Å². The average Bonchev–Trinajstić information content (AvgIpc) is 2.35. The van der Waals surface area contributed by atoms with Crippen molar-refractivity contribution in [1.82, 2.24) is 9.97 Å². The highest BCUT2D eigenvalue weighted by molar-refractivity contribution is 5.81. The first-order valence-corrected chi connectivity index (χ1v) is 5.80. The lowest BCUT2D eigenvalue weighted by Crippen LogP contribution is -2.09. The van der Waals surface area contributed by atoms with Gasteiger partial charge in [0.15, 0.2) is 11.5 Å². The number of hydrogen-bond donors (Lipinski definition) is 1. The zero-order valence-corrected chi connectivity index (χ0v) is 10.7. The standard InChI is InChI=1S/C13H16N2O3/c1-8(2)6-18-12-5-10-9(4-11(12)17-3)13(16)15-7-14-10/h4-5,7-8H,6H2,1-3H3,(H,14,15,16). The van der Waals surface area contributed by atoms with Crippen LogP contribution in [0.15, 0.2) is 23.3 Å². The zero-order chi connectivity index (χ0) is 13.1. The van der Waals surface area contributed by atoms with E-state index in [1.807, 2.05) is 0 Å². The normalized spacial score (nSPS) is 10.9. The van der Waals surface area contributed by atoms with E-state index in [0.29, 0.717) is 34.9 Å². The van der Waals surface area contributed by atoms with Gasteiger partial charge < -0.3 is 14.5 Å². The summed E-state index contributed by atoms with van der Waals surface area (Å²) in [6.07, 6.45) is 1.38. The molecule has 0 unspecified atom stereocenters. The van der Waals surface area contributed by atoms with Gasteiger partial charge in [0.25, 0.3) is 5.56 Å². The molecule has 0 aliphatic heterocycles. The van der Waals surface area contributed by atoms with Crippen LogP contribution in [0.1, 0.15) is 13.8 Å². The molecule has 1 aromatic heterocycles. The number of hydrogen-bond acceptors (Lipinski definition) is 4. The van der Waals surface area contributed by atoms with Crippen LogP contribution >= 0.6 is 0 Å². The predicted octanol–water partition coefficient (Wildman–Crippen LogP) is 1.97. The summed E-state index contributed by atoms with van der Waals surface area (Å²) >= 11 is 0. The second-order valence-electron chi connectivity index (χ2n) is 4.46. The molecular weight excluding hydrogens is 232 g/mol. The Morgan fingerprint density at radius 3 is 2.78 bits per heavy atom. The van der Waals surface area contributed by atoms with Crippen LogP contribution in [0.4, 0.5) is 0 Å². The lowest BCUT2D eigenvalue weighted by atomic mass is 10.2. The second kappa shape index (κ2) is 5.08. The topological polar surface area (TPSA) is 64.2 Å². The smallest absolute Gasteiger partial charge is 0.258 e. The molecule has 96 valence electrons. The molecule has 0 aliphatic rings. The Labute approximate surface area is 105 Å². The Bertz CT molecular complexity index is 605. The van der Waals surface area contributed by atoms with Crippen molar-refractivity contribution in [2.24, 2.45) is 5.92 Å². The van der Waals surface area contributed by atoms with Crippen LogP contribution in [0.2, 0.25) is 0 Å². The third-order valence-electron chi connectivity index (χ3n) is 2.50. The van der Waals surface area contributed by atoms with Gasteiger partial charge in [0.05, 0.1) is 30.9 Å². The van der Waals surface area contributed by atoms with Gasteiger partial charge in [-0.3, -0.25) is 4.79 Å². The number of nitrogens with one attached hydrogen (secondary N) is 1. The summed E-state index contributed by atoms with van der Waals surface area (Å²) < 4.78 is 10.9. The second-order valence-corrected chi connectivity index (χ2v) is 4.46.